The summed E-state index contributed by atoms with van der Waals surface area (Å²) in [5.74, 6) is 2.18. The van der Waals surface area contributed by atoms with Crippen molar-refractivity contribution in [3.8, 4) is 11.5 Å². The van der Waals surface area contributed by atoms with E-state index >= 15 is 0 Å². The highest BCUT2D eigenvalue weighted by molar-refractivity contribution is 7.92. The lowest BCUT2D eigenvalue weighted by atomic mass is 10.2. The van der Waals surface area contributed by atoms with Gasteiger partial charge in [0.2, 0.25) is 0 Å². The molecule has 1 N–H and O–H groups in total. The molecule has 1 aromatic heterocycles. The minimum absolute atomic E-state index is 0.0605. The molecule has 2 heterocycles. The van der Waals surface area contributed by atoms with E-state index in [0.29, 0.717) is 48.3 Å². The van der Waals surface area contributed by atoms with Gasteiger partial charge >= 0.3 is 0 Å². The zero-order valence-electron chi connectivity index (χ0n) is 17.1. The van der Waals surface area contributed by atoms with Crippen LogP contribution >= 0.6 is 0 Å². The maximum atomic E-state index is 12.7. The van der Waals surface area contributed by atoms with Crippen molar-refractivity contribution >= 4 is 21.6 Å². The number of nitrogens with one attached hydrogen (secondary N) is 1. The van der Waals surface area contributed by atoms with Gasteiger partial charge in [0.05, 0.1) is 11.4 Å². The fraction of sp³-hybridized carbons (Fsp3) is 0.227. The van der Waals surface area contributed by atoms with Gasteiger partial charge in [-0.15, -0.1) is 0 Å². The van der Waals surface area contributed by atoms with Gasteiger partial charge in [0.15, 0.2) is 11.5 Å². The quantitative estimate of drug-likeness (QED) is 0.628. The monoisotopic (exact) mass is 442 g/mol. The third-order valence-corrected chi connectivity index (χ3v) is 6.12. The molecule has 0 bridgehead atoms. The van der Waals surface area contributed by atoms with Crippen LogP contribution in [0.2, 0.25) is 0 Å². The van der Waals surface area contributed by atoms with Gasteiger partial charge in [0.25, 0.3) is 15.9 Å². The van der Waals surface area contributed by atoms with E-state index < -0.39 is 10.0 Å². The van der Waals surface area contributed by atoms with Crippen molar-refractivity contribution in [1.82, 2.24) is 4.90 Å². The predicted molar refractivity (Wildman–Crippen MR) is 114 cm³/mol. The molecule has 0 saturated heterocycles. The summed E-state index contributed by atoms with van der Waals surface area (Å²) in [4.78, 5) is 14.2. The maximum absolute atomic E-state index is 12.7. The highest BCUT2D eigenvalue weighted by atomic mass is 32.2. The molecular formula is C22H22N2O6S. The predicted octanol–water partition coefficient (Wildman–Crippen LogP) is 3.43. The van der Waals surface area contributed by atoms with Crippen molar-refractivity contribution < 1.29 is 27.1 Å². The molecular weight excluding hydrogens is 420 g/mol. The van der Waals surface area contributed by atoms with E-state index in [1.54, 1.807) is 37.4 Å². The molecule has 0 spiro atoms. The van der Waals surface area contributed by atoms with Crippen LogP contribution in [0.4, 0.5) is 5.69 Å². The van der Waals surface area contributed by atoms with Gasteiger partial charge in [-0.3, -0.25) is 9.52 Å². The summed E-state index contributed by atoms with van der Waals surface area (Å²) < 4.78 is 44.3. The third-order valence-electron chi connectivity index (χ3n) is 4.74. The molecule has 0 fully saturated rings. The van der Waals surface area contributed by atoms with Crippen LogP contribution in [0.1, 0.15) is 21.9 Å². The van der Waals surface area contributed by atoms with Gasteiger partial charge in [0, 0.05) is 24.4 Å². The van der Waals surface area contributed by atoms with E-state index in [0.717, 1.165) is 5.76 Å². The van der Waals surface area contributed by atoms with Crippen LogP contribution in [0.25, 0.3) is 0 Å². The summed E-state index contributed by atoms with van der Waals surface area (Å²) in [5, 5.41) is 0. The van der Waals surface area contributed by atoms with Crippen LogP contribution in [0.3, 0.4) is 0 Å². The normalized spacial score (nSPS) is 13.0. The van der Waals surface area contributed by atoms with Crippen molar-refractivity contribution in [2.75, 3.05) is 25.0 Å². The number of anilines is 1. The number of rotatable bonds is 6. The first-order chi connectivity index (χ1) is 14.8. The van der Waals surface area contributed by atoms with E-state index in [2.05, 4.69) is 4.72 Å². The van der Waals surface area contributed by atoms with E-state index in [1.807, 2.05) is 19.1 Å². The molecule has 4 rings (SSSR count). The number of hydrogen-bond acceptors (Lipinski definition) is 6. The van der Waals surface area contributed by atoms with Crippen LogP contribution in [0.5, 0.6) is 11.5 Å². The van der Waals surface area contributed by atoms with Crippen molar-refractivity contribution in [1.29, 1.82) is 0 Å². The zero-order valence-corrected chi connectivity index (χ0v) is 17.9. The summed E-state index contributed by atoms with van der Waals surface area (Å²) in [6.45, 7) is 2.98. The van der Waals surface area contributed by atoms with Crippen LogP contribution in [0, 0.1) is 6.92 Å². The molecule has 1 amide bonds. The van der Waals surface area contributed by atoms with Crippen LogP contribution < -0.4 is 14.2 Å². The smallest absolute Gasteiger partial charge is 0.262 e. The first kappa shape index (κ1) is 20.8. The number of hydrogen-bond donors (Lipinski definition) is 1. The molecule has 162 valence electrons. The Labute approximate surface area is 180 Å². The minimum atomic E-state index is -3.83. The Morgan fingerprint density at radius 2 is 1.71 bits per heavy atom. The number of carbonyl (C=O) groups excluding carboxylic acids is 1. The third kappa shape index (κ3) is 4.66. The number of sulfonamides is 1. The Morgan fingerprint density at radius 1 is 1.00 bits per heavy atom. The zero-order chi connectivity index (χ0) is 22.0. The molecule has 1 aliphatic rings. The molecule has 0 unspecified atom stereocenters. The number of furan rings is 1. The first-order valence-electron chi connectivity index (χ1n) is 9.65. The van der Waals surface area contributed by atoms with Crippen molar-refractivity contribution in [2.45, 2.75) is 18.4 Å². The Balaban J connectivity index is 1.44. The molecule has 8 nitrogen and oxygen atoms in total. The van der Waals surface area contributed by atoms with E-state index in [4.69, 9.17) is 13.9 Å². The summed E-state index contributed by atoms with van der Waals surface area (Å²) in [6.07, 6.45) is 0. The van der Waals surface area contributed by atoms with Crippen molar-refractivity contribution in [2.24, 2.45) is 0 Å². The summed E-state index contributed by atoms with van der Waals surface area (Å²) >= 11 is 0. The largest absolute Gasteiger partial charge is 0.486 e. The van der Waals surface area contributed by atoms with Gasteiger partial charge in [-0.2, -0.15) is 0 Å². The van der Waals surface area contributed by atoms with Crippen molar-refractivity contribution in [3.05, 3.63) is 71.7 Å². The molecule has 0 aliphatic carbocycles. The summed E-state index contributed by atoms with van der Waals surface area (Å²) in [7, 11) is -2.15. The lowest BCUT2D eigenvalue weighted by Gasteiger charge is -2.19. The Morgan fingerprint density at radius 3 is 2.39 bits per heavy atom. The Hall–Kier alpha value is -3.46. The number of carbonyl (C=O) groups is 1. The second-order valence-corrected chi connectivity index (χ2v) is 8.84. The minimum Gasteiger partial charge on any atom is -0.486 e. The number of ether oxygens (including phenoxy) is 2. The topological polar surface area (TPSA) is 98.1 Å². The molecule has 31 heavy (non-hydrogen) atoms. The fourth-order valence-corrected chi connectivity index (χ4v) is 4.26. The Bertz CT molecular complexity index is 1200. The SMILES string of the molecule is Cc1ccc(CN(C)C(=O)c2ccc(NS(=O)(=O)c3ccc4c(c3)OCCO4)cc2)o1. The van der Waals surface area contributed by atoms with Gasteiger partial charge < -0.3 is 18.8 Å². The number of benzene rings is 2. The molecule has 3 aromatic rings. The fourth-order valence-electron chi connectivity index (χ4n) is 3.18. The maximum Gasteiger partial charge on any atom is 0.262 e. The molecule has 0 radical (unpaired) electrons. The van der Waals surface area contributed by atoms with Crippen molar-refractivity contribution in [3.63, 3.8) is 0 Å². The lowest BCUT2D eigenvalue weighted by Crippen LogP contribution is -2.26. The van der Waals surface area contributed by atoms with Gasteiger partial charge in [0.1, 0.15) is 24.7 Å². The molecule has 1 aliphatic heterocycles. The van der Waals surface area contributed by atoms with E-state index in [-0.39, 0.29) is 10.8 Å². The first-order valence-corrected chi connectivity index (χ1v) is 11.1. The van der Waals surface area contributed by atoms with Crippen LogP contribution in [-0.4, -0.2) is 39.5 Å². The number of aryl methyl sites for hydroxylation is 1. The van der Waals surface area contributed by atoms with E-state index in [1.165, 1.54) is 17.0 Å². The lowest BCUT2D eigenvalue weighted by molar-refractivity contribution is 0.0775. The van der Waals surface area contributed by atoms with Gasteiger partial charge in [-0.05, 0) is 55.5 Å². The standard InChI is InChI=1S/C22H22N2O6S/c1-15-3-8-18(30-15)14-24(2)22(25)16-4-6-17(7-5-16)23-31(26,27)19-9-10-20-21(13-19)29-12-11-28-20/h3-10,13,23H,11-12,14H2,1-2H3. The van der Waals surface area contributed by atoms with E-state index in [9.17, 15) is 13.2 Å². The summed E-state index contributed by atoms with van der Waals surface area (Å²) in [5.41, 5.74) is 0.781. The number of fused-ring (bicyclic) bond motifs is 1. The average molecular weight is 442 g/mol. The summed E-state index contributed by atoms with van der Waals surface area (Å²) in [6, 6.07) is 14.4. The second-order valence-electron chi connectivity index (χ2n) is 7.16. The van der Waals surface area contributed by atoms with Crippen LogP contribution in [0.15, 0.2) is 63.9 Å². The molecule has 0 atom stereocenters. The van der Waals surface area contributed by atoms with Gasteiger partial charge in [-0.1, -0.05) is 0 Å². The molecule has 9 heteroatoms. The highest BCUT2D eigenvalue weighted by Gasteiger charge is 2.20. The number of amides is 1. The average Bonchev–Trinajstić information content (AvgIpc) is 3.17. The Kier molecular flexibility index (Phi) is 5.60. The van der Waals surface area contributed by atoms with Gasteiger partial charge in [-0.25, -0.2) is 8.42 Å². The number of nitrogens with zero attached hydrogens (tertiary/aromatic N) is 1. The molecule has 0 saturated carbocycles. The second kappa shape index (κ2) is 8.35. The van der Waals surface area contributed by atoms with Crippen LogP contribution in [-0.2, 0) is 16.6 Å². The highest BCUT2D eigenvalue weighted by Crippen LogP contribution is 2.32. The molecule has 2 aromatic carbocycles.